The number of aromatic nitrogens is 2. The van der Waals surface area contributed by atoms with Crippen LogP contribution >= 0.6 is 11.8 Å². The Morgan fingerprint density at radius 2 is 1.84 bits per heavy atom. The van der Waals surface area contributed by atoms with Gasteiger partial charge in [-0.1, -0.05) is 54.2 Å². The van der Waals surface area contributed by atoms with Crippen molar-refractivity contribution < 1.29 is 18.9 Å². The molecule has 0 unspecified atom stereocenters. The molecule has 1 aromatic heterocycles. The fourth-order valence-corrected chi connectivity index (χ4v) is 3.39. The van der Waals surface area contributed by atoms with Crippen molar-refractivity contribution in [3.63, 3.8) is 0 Å². The van der Waals surface area contributed by atoms with Crippen molar-refractivity contribution in [2.75, 3.05) is 11.1 Å². The molecule has 0 atom stereocenters. The average molecular weight is 436 g/mol. The summed E-state index contributed by atoms with van der Waals surface area (Å²) >= 11 is 1.03. The van der Waals surface area contributed by atoms with Gasteiger partial charge in [0.15, 0.2) is 6.61 Å². The fourth-order valence-electron chi connectivity index (χ4n) is 2.81. The van der Waals surface area contributed by atoms with Crippen molar-refractivity contribution in [3.05, 3.63) is 82.7 Å². The van der Waals surface area contributed by atoms with Gasteiger partial charge in [-0.3, -0.25) is 14.9 Å². The van der Waals surface area contributed by atoms with Gasteiger partial charge in [-0.15, -0.1) is 10.2 Å². The van der Waals surface area contributed by atoms with Gasteiger partial charge in [0, 0.05) is 6.07 Å². The normalized spacial score (nSPS) is 10.7. The Bertz CT molecular complexity index is 1240. The molecule has 1 heterocycles. The first-order chi connectivity index (χ1) is 15.1. The van der Waals surface area contributed by atoms with E-state index in [1.807, 2.05) is 42.5 Å². The molecular weight excluding hydrogens is 420 g/mol. The third kappa shape index (κ3) is 5.17. The maximum Gasteiger partial charge on any atom is 0.292 e. The summed E-state index contributed by atoms with van der Waals surface area (Å²) in [5, 5.41) is 23.7. The number of thioether (sulfide) groups is 1. The van der Waals surface area contributed by atoms with Crippen LogP contribution in [0.5, 0.6) is 5.75 Å². The number of hydrogen-bond acceptors (Lipinski definition) is 8. The van der Waals surface area contributed by atoms with Crippen LogP contribution in [0.4, 0.5) is 11.4 Å². The molecule has 0 saturated heterocycles. The number of carbonyl (C=O) groups is 1. The van der Waals surface area contributed by atoms with Gasteiger partial charge in [-0.05, 0) is 29.0 Å². The number of fused-ring (bicyclic) bond motifs is 1. The second-order valence-corrected chi connectivity index (χ2v) is 7.30. The van der Waals surface area contributed by atoms with Gasteiger partial charge in [0.25, 0.3) is 16.8 Å². The zero-order chi connectivity index (χ0) is 21.6. The van der Waals surface area contributed by atoms with Gasteiger partial charge in [0.2, 0.25) is 5.91 Å². The lowest BCUT2D eigenvalue weighted by atomic mass is 10.1. The molecule has 0 aliphatic heterocycles. The van der Waals surface area contributed by atoms with E-state index < -0.39 is 10.8 Å². The number of nitrogens with one attached hydrogen (secondary N) is 1. The Morgan fingerprint density at radius 3 is 2.68 bits per heavy atom. The molecule has 0 radical (unpaired) electrons. The van der Waals surface area contributed by atoms with Gasteiger partial charge in [0.05, 0.1) is 10.7 Å². The van der Waals surface area contributed by atoms with Crippen LogP contribution in [0.15, 0.2) is 76.4 Å². The summed E-state index contributed by atoms with van der Waals surface area (Å²) < 4.78 is 11.2. The van der Waals surface area contributed by atoms with Crippen LogP contribution in [-0.2, 0) is 11.4 Å². The minimum Gasteiger partial charge on any atom is -0.484 e. The standard InChI is InChI=1S/C21H16N4O5S/c26-19(22-17-7-3-4-8-18(17)25(27)28)13-31-21-24-23-20(30-21)12-29-16-10-9-14-5-1-2-6-15(14)11-16/h1-11H,12-13H2,(H,22,26). The Balaban J connectivity index is 1.30. The molecule has 10 heteroatoms. The quantitative estimate of drug-likeness (QED) is 0.244. The van der Waals surface area contributed by atoms with Gasteiger partial charge >= 0.3 is 0 Å². The first-order valence-electron chi connectivity index (χ1n) is 9.18. The van der Waals surface area contributed by atoms with E-state index in [-0.39, 0.29) is 34.8 Å². The largest absolute Gasteiger partial charge is 0.484 e. The Hall–Kier alpha value is -3.92. The van der Waals surface area contributed by atoms with Crippen LogP contribution in [0.2, 0.25) is 0 Å². The molecule has 31 heavy (non-hydrogen) atoms. The van der Waals surface area contributed by atoms with Crippen molar-refractivity contribution >= 4 is 39.8 Å². The Labute approximate surface area is 180 Å². The molecule has 0 fully saturated rings. The Morgan fingerprint density at radius 1 is 1.06 bits per heavy atom. The van der Waals surface area contributed by atoms with Crippen molar-refractivity contribution in [2.24, 2.45) is 0 Å². The van der Waals surface area contributed by atoms with Gasteiger partial charge in [-0.2, -0.15) is 0 Å². The van der Waals surface area contributed by atoms with E-state index in [0.717, 1.165) is 22.5 Å². The summed E-state index contributed by atoms with van der Waals surface area (Å²) in [6.07, 6.45) is 0. The summed E-state index contributed by atoms with van der Waals surface area (Å²) in [6, 6.07) is 19.6. The maximum absolute atomic E-state index is 12.1. The van der Waals surface area contributed by atoms with E-state index >= 15 is 0 Å². The maximum atomic E-state index is 12.1. The highest BCUT2D eigenvalue weighted by Gasteiger charge is 2.16. The molecule has 0 spiro atoms. The van der Waals surface area contributed by atoms with Crippen LogP contribution in [-0.4, -0.2) is 26.8 Å². The Kier molecular flexibility index (Phi) is 6.08. The van der Waals surface area contributed by atoms with Crippen molar-refractivity contribution in [1.82, 2.24) is 10.2 Å². The highest BCUT2D eigenvalue weighted by Crippen LogP contribution is 2.25. The second kappa shape index (κ2) is 9.26. The zero-order valence-electron chi connectivity index (χ0n) is 16.1. The monoisotopic (exact) mass is 436 g/mol. The van der Waals surface area contributed by atoms with E-state index in [4.69, 9.17) is 9.15 Å². The number of nitro groups is 1. The highest BCUT2D eigenvalue weighted by atomic mass is 32.2. The molecule has 1 amide bonds. The molecule has 1 N–H and O–H groups in total. The molecule has 0 bridgehead atoms. The molecule has 3 aromatic carbocycles. The number of nitrogens with zero attached hydrogens (tertiary/aromatic N) is 3. The number of benzene rings is 3. The first kappa shape index (κ1) is 20.4. The molecule has 0 saturated carbocycles. The van der Waals surface area contributed by atoms with Gasteiger partial charge in [0.1, 0.15) is 11.4 Å². The number of ether oxygens (including phenoxy) is 1. The van der Waals surface area contributed by atoms with Crippen LogP contribution in [0.3, 0.4) is 0 Å². The lowest BCUT2D eigenvalue weighted by Gasteiger charge is -2.05. The minimum absolute atomic E-state index is 0.0424. The fraction of sp³-hybridized carbons (Fsp3) is 0.0952. The number of para-hydroxylation sites is 2. The molecule has 9 nitrogen and oxygen atoms in total. The summed E-state index contributed by atoms with van der Waals surface area (Å²) in [7, 11) is 0. The smallest absolute Gasteiger partial charge is 0.292 e. The predicted octanol–water partition coefficient (Wildman–Crippen LogP) is 4.44. The third-order valence-corrected chi connectivity index (χ3v) is 5.05. The third-order valence-electron chi connectivity index (χ3n) is 4.23. The number of hydrogen-bond donors (Lipinski definition) is 1. The van der Waals surface area contributed by atoms with Crippen molar-refractivity contribution in [2.45, 2.75) is 11.8 Å². The summed E-state index contributed by atoms with van der Waals surface area (Å²) in [6.45, 7) is 0.0916. The van der Waals surface area contributed by atoms with E-state index in [0.29, 0.717) is 5.75 Å². The average Bonchev–Trinajstić information content (AvgIpc) is 3.24. The van der Waals surface area contributed by atoms with Crippen LogP contribution in [0.25, 0.3) is 10.8 Å². The topological polar surface area (TPSA) is 120 Å². The molecule has 0 aliphatic rings. The number of rotatable bonds is 8. The molecule has 0 aliphatic carbocycles. The zero-order valence-corrected chi connectivity index (χ0v) is 16.9. The van der Waals surface area contributed by atoms with E-state index in [1.165, 1.54) is 18.2 Å². The molecule has 4 rings (SSSR count). The van der Waals surface area contributed by atoms with E-state index in [1.54, 1.807) is 6.07 Å². The SMILES string of the molecule is O=C(CSc1nnc(COc2ccc3ccccc3c2)o1)Nc1ccccc1[N+](=O)[O-]. The molecule has 4 aromatic rings. The van der Waals surface area contributed by atoms with Gasteiger partial charge in [-0.25, -0.2) is 0 Å². The van der Waals surface area contributed by atoms with Gasteiger partial charge < -0.3 is 14.5 Å². The predicted molar refractivity (Wildman–Crippen MR) is 115 cm³/mol. The number of carbonyl (C=O) groups excluding carboxylic acids is 1. The lowest BCUT2D eigenvalue weighted by Crippen LogP contribution is -2.15. The van der Waals surface area contributed by atoms with E-state index in [2.05, 4.69) is 15.5 Å². The second-order valence-electron chi connectivity index (χ2n) is 6.37. The molecule has 156 valence electrons. The number of nitro benzene ring substituents is 1. The highest BCUT2D eigenvalue weighted by molar-refractivity contribution is 7.99. The summed E-state index contributed by atoms with van der Waals surface area (Å²) in [5.74, 6) is 0.482. The van der Waals surface area contributed by atoms with Crippen molar-refractivity contribution in [3.8, 4) is 5.75 Å². The summed E-state index contributed by atoms with van der Waals surface area (Å²) in [5.41, 5.74) is -0.0418. The minimum atomic E-state index is -0.553. The molecular formula is C21H16N4O5S. The van der Waals surface area contributed by atoms with Crippen LogP contribution in [0, 0.1) is 10.1 Å². The first-order valence-corrected chi connectivity index (χ1v) is 10.2. The van der Waals surface area contributed by atoms with Crippen molar-refractivity contribution in [1.29, 1.82) is 0 Å². The van der Waals surface area contributed by atoms with Crippen LogP contribution < -0.4 is 10.1 Å². The number of anilines is 1. The lowest BCUT2D eigenvalue weighted by molar-refractivity contribution is -0.383. The van der Waals surface area contributed by atoms with E-state index in [9.17, 15) is 14.9 Å². The van der Waals surface area contributed by atoms with Crippen LogP contribution in [0.1, 0.15) is 5.89 Å². The number of amides is 1. The summed E-state index contributed by atoms with van der Waals surface area (Å²) in [4.78, 5) is 22.6.